The molecule has 1 heterocycles. The maximum atomic E-state index is 10.4. The first-order valence-corrected chi connectivity index (χ1v) is 4.12. The minimum atomic E-state index is -0.883. The minimum absolute atomic E-state index is 0.0398. The van der Waals surface area contributed by atoms with Crippen LogP contribution < -0.4 is 5.73 Å². The van der Waals surface area contributed by atoms with Gasteiger partial charge in [0.05, 0.1) is 12.7 Å². The predicted octanol–water partition coefficient (Wildman–Crippen LogP) is 1.19. The molecule has 0 aliphatic rings. The Kier molecular flexibility index (Phi) is 3.08. The highest BCUT2D eigenvalue weighted by Crippen LogP contribution is 2.19. The zero-order valence-corrected chi connectivity index (χ0v) is 7.43. The summed E-state index contributed by atoms with van der Waals surface area (Å²) in [7, 11) is 0. The van der Waals surface area contributed by atoms with Gasteiger partial charge >= 0.3 is 5.97 Å². The van der Waals surface area contributed by atoms with Crippen LogP contribution in [0.25, 0.3) is 0 Å². The van der Waals surface area contributed by atoms with Gasteiger partial charge in [0, 0.05) is 12.0 Å². The molecule has 0 saturated heterocycles. The molecule has 0 saturated carbocycles. The van der Waals surface area contributed by atoms with E-state index in [0.717, 1.165) is 5.76 Å². The summed E-state index contributed by atoms with van der Waals surface area (Å²) >= 11 is 0. The Morgan fingerprint density at radius 2 is 2.46 bits per heavy atom. The number of carboxylic acids is 1. The van der Waals surface area contributed by atoms with Gasteiger partial charge in [-0.2, -0.15) is 0 Å². The van der Waals surface area contributed by atoms with Crippen LogP contribution in [0.4, 0.5) is 0 Å². The molecule has 72 valence electrons. The van der Waals surface area contributed by atoms with E-state index in [4.69, 9.17) is 15.3 Å². The molecule has 0 fully saturated rings. The maximum absolute atomic E-state index is 10.4. The molecule has 0 radical (unpaired) electrons. The van der Waals surface area contributed by atoms with Gasteiger partial charge < -0.3 is 15.3 Å². The third-order valence-corrected chi connectivity index (χ3v) is 2.04. The molecule has 4 nitrogen and oxygen atoms in total. The summed E-state index contributed by atoms with van der Waals surface area (Å²) in [5, 5.41) is 8.52. The van der Waals surface area contributed by atoms with E-state index in [-0.39, 0.29) is 12.3 Å². The van der Waals surface area contributed by atoms with Gasteiger partial charge in [-0.15, -0.1) is 0 Å². The predicted molar refractivity (Wildman–Crippen MR) is 47.4 cm³/mol. The summed E-state index contributed by atoms with van der Waals surface area (Å²) in [4.78, 5) is 10.4. The smallest absolute Gasteiger partial charge is 0.304 e. The van der Waals surface area contributed by atoms with Crippen molar-refractivity contribution in [2.75, 3.05) is 0 Å². The van der Waals surface area contributed by atoms with Crippen LogP contribution in [0, 0.1) is 0 Å². The van der Waals surface area contributed by atoms with Crippen molar-refractivity contribution in [1.82, 2.24) is 0 Å². The minimum Gasteiger partial charge on any atom is -0.481 e. The number of carbonyl (C=O) groups is 1. The van der Waals surface area contributed by atoms with Crippen molar-refractivity contribution in [3.8, 4) is 0 Å². The van der Waals surface area contributed by atoms with Crippen LogP contribution >= 0.6 is 0 Å². The lowest BCUT2D eigenvalue weighted by molar-refractivity contribution is -0.137. The molecule has 3 N–H and O–H groups in total. The second kappa shape index (κ2) is 4.09. The van der Waals surface area contributed by atoms with Gasteiger partial charge in [0.25, 0.3) is 0 Å². The van der Waals surface area contributed by atoms with Crippen LogP contribution in [-0.2, 0) is 4.79 Å². The summed E-state index contributed by atoms with van der Waals surface area (Å²) in [5.41, 5.74) is 5.67. The van der Waals surface area contributed by atoms with Crippen LogP contribution in [0.5, 0.6) is 0 Å². The van der Waals surface area contributed by atoms with E-state index >= 15 is 0 Å². The highest BCUT2D eigenvalue weighted by Gasteiger charge is 2.19. The van der Waals surface area contributed by atoms with Gasteiger partial charge in [0.15, 0.2) is 0 Å². The fraction of sp³-hybridized carbons (Fsp3) is 0.444. The number of hydrogen-bond acceptors (Lipinski definition) is 3. The fourth-order valence-electron chi connectivity index (χ4n) is 1.14. The van der Waals surface area contributed by atoms with Gasteiger partial charge in [0.1, 0.15) is 5.76 Å². The highest BCUT2D eigenvalue weighted by atomic mass is 16.4. The SMILES string of the molecule is CC(c1ccco1)C(N)CC(=O)O. The summed E-state index contributed by atoms with van der Waals surface area (Å²) in [6, 6.07) is 3.16. The van der Waals surface area contributed by atoms with Gasteiger partial charge in [-0.3, -0.25) is 4.79 Å². The summed E-state index contributed by atoms with van der Waals surface area (Å²) in [6.45, 7) is 1.85. The Labute approximate surface area is 76.3 Å². The number of hydrogen-bond donors (Lipinski definition) is 2. The normalized spacial score (nSPS) is 15.2. The van der Waals surface area contributed by atoms with Crippen LogP contribution in [0.3, 0.4) is 0 Å². The van der Waals surface area contributed by atoms with Crippen molar-refractivity contribution in [3.05, 3.63) is 24.2 Å². The van der Waals surface area contributed by atoms with Crippen molar-refractivity contribution in [3.63, 3.8) is 0 Å². The maximum Gasteiger partial charge on any atom is 0.304 e. The van der Waals surface area contributed by atoms with Crippen molar-refractivity contribution in [2.45, 2.75) is 25.3 Å². The van der Waals surface area contributed by atoms with E-state index in [1.165, 1.54) is 0 Å². The van der Waals surface area contributed by atoms with E-state index in [1.807, 2.05) is 6.92 Å². The first-order valence-electron chi connectivity index (χ1n) is 4.12. The third-order valence-electron chi connectivity index (χ3n) is 2.04. The quantitative estimate of drug-likeness (QED) is 0.735. The molecule has 0 aromatic carbocycles. The molecular formula is C9H13NO3. The molecule has 13 heavy (non-hydrogen) atoms. The number of furan rings is 1. The molecule has 0 amide bonds. The third kappa shape index (κ3) is 2.59. The van der Waals surface area contributed by atoms with Crippen LogP contribution in [0.1, 0.15) is 25.0 Å². The number of nitrogens with two attached hydrogens (primary N) is 1. The Balaban J connectivity index is 2.57. The molecule has 2 atom stereocenters. The van der Waals surface area contributed by atoms with Crippen molar-refractivity contribution >= 4 is 5.97 Å². The molecular weight excluding hydrogens is 170 g/mol. The van der Waals surface area contributed by atoms with Gasteiger partial charge in [-0.25, -0.2) is 0 Å². The van der Waals surface area contributed by atoms with E-state index in [2.05, 4.69) is 0 Å². The zero-order chi connectivity index (χ0) is 9.84. The number of carboxylic acid groups (broad SMARTS) is 1. The lowest BCUT2D eigenvalue weighted by atomic mass is 9.97. The van der Waals surface area contributed by atoms with E-state index in [1.54, 1.807) is 18.4 Å². The summed E-state index contributed by atoms with van der Waals surface area (Å²) in [5.74, 6) is -0.217. The van der Waals surface area contributed by atoms with Crippen LogP contribution in [0.15, 0.2) is 22.8 Å². The number of aliphatic carboxylic acids is 1. The molecule has 0 aliphatic carbocycles. The fourth-order valence-corrected chi connectivity index (χ4v) is 1.14. The first kappa shape index (κ1) is 9.80. The molecule has 0 aliphatic heterocycles. The highest BCUT2D eigenvalue weighted by molar-refractivity contribution is 5.67. The second-order valence-electron chi connectivity index (χ2n) is 3.07. The monoisotopic (exact) mass is 183 g/mol. The van der Waals surface area contributed by atoms with Gasteiger partial charge in [-0.05, 0) is 12.1 Å². The topological polar surface area (TPSA) is 76.5 Å². The van der Waals surface area contributed by atoms with Gasteiger partial charge in [0.2, 0.25) is 0 Å². The van der Waals surface area contributed by atoms with E-state index < -0.39 is 12.0 Å². The summed E-state index contributed by atoms with van der Waals surface area (Å²) in [6.07, 6.45) is 1.52. The Bertz CT molecular complexity index is 268. The average Bonchev–Trinajstić information content (AvgIpc) is 2.53. The van der Waals surface area contributed by atoms with Crippen molar-refractivity contribution < 1.29 is 14.3 Å². The van der Waals surface area contributed by atoms with E-state index in [0.29, 0.717) is 0 Å². The van der Waals surface area contributed by atoms with Gasteiger partial charge in [-0.1, -0.05) is 6.92 Å². The Morgan fingerprint density at radius 1 is 1.77 bits per heavy atom. The standard InChI is InChI=1S/C9H13NO3/c1-6(7(10)5-9(11)12)8-3-2-4-13-8/h2-4,6-7H,5,10H2,1H3,(H,11,12). The molecule has 1 aromatic heterocycles. The van der Waals surface area contributed by atoms with Crippen molar-refractivity contribution in [1.29, 1.82) is 0 Å². The zero-order valence-electron chi connectivity index (χ0n) is 7.43. The molecule has 0 spiro atoms. The first-order chi connectivity index (χ1) is 6.11. The summed E-state index contributed by atoms with van der Waals surface area (Å²) < 4.78 is 5.13. The second-order valence-corrected chi connectivity index (χ2v) is 3.07. The Hall–Kier alpha value is -1.29. The van der Waals surface area contributed by atoms with Crippen LogP contribution in [-0.4, -0.2) is 17.1 Å². The van der Waals surface area contributed by atoms with Crippen LogP contribution in [0.2, 0.25) is 0 Å². The molecule has 4 heteroatoms. The molecule has 1 rings (SSSR count). The molecule has 1 aromatic rings. The lowest BCUT2D eigenvalue weighted by Crippen LogP contribution is -2.29. The lowest BCUT2D eigenvalue weighted by Gasteiger charge is -2.15. The largest absolute Gasteiger partial charge is 0.481 e. The van der Waals surface area contributed by atoms with Crippen molar-refractivity contribution in [2.24, 2.45) is 5.73 Å². The Morgan fingerprint density at radius 3 is 2.92 bits per heavy atom. The molecule has 0 bridgehead atoms. The van der Waals surface area contributed by atoms with E-state index in [9.17, 15) is 4.79 Å². The number of rotatable bonds is 4. The molecule has 2 unspecified atom stereocenters. The average molecular weight is 183 g/mol.